The van der Waals surface area contributed by atoms with Crippen LogP contribution in [0.4, 0.5) is 18.9 Å². The maximum absolute atomic E-state index is 12.3. The standard InChI is InChI=1S/C22H18Cl4F3N3O2/c1-21(13-5-15(24)19(26)16(25)6-13)7-17(31-34-21)11-2-3-18(14(23)4-11)32-8-12(9-32)20(33)30-10-22(27,28)29/h2-6,12H,7-10H2,1H3,(H,30,33). The number of hydrogen-bond donors (Lipinski definition) is 1. The molecule has 12 heteroatoms. The lowest BCUT2D eigenvalue weighted by atomic mass is 9.89. The van der Waals surface area contributed by atoms with E-state index in [0.29, 0.717) is 32.9 Å². The summed E-state index contributed by atoms with van der Waals surface area (Å²) in [5, 5.41) is 7.46. The number of hydrogen-bond acceptors (Lipinski definition) is 4. The van der Waals surface area contributed by atoms with Gasteiger partial charge in [-0.3, -0.25) is 4.79 Å². The van der Waals surface area contributed by atoms with E-state index in [1.54, 1.807) is 24.3 Å². The summed E-state index contributed by atoms with van der Waals surface area (Å²) in [6, 6.07) is 8.73. The number of nitrogens with zero attached hydrogens (tertiary/aromatic N) is 2. The number of carbonyl (C=O) groups is 1. The minimum atomic E-state index is -4.44. The molecule has 1 unspecified atom stereocenters. The normalized spacial score (nSPS) is 20.6. The third-order valence-electron chi connectivity index (χ3n) is 5.79. The summed E-state index contributed by atoms with van der Waals surface area (Å²) in [4.78, 5) is 19.4. The van der Waals surface area contributed by atoms with Crippen LogP contribution in [0.1, 0.15) is 24.5 Å². The Morgan fingerprint density at radius 2 is 1.79 bits per heavy atom. The molecule has 1 fully saturated rings. The molecule has 2 aromatic rings. The average Bonchev–Trinajstić information content (AvgIpc) is 3.13. The Hall–Kier alpha value is -1.87. The van der Waals surface area contributed by atoms with Crippen LogP contribution in [-0.2, 0) is 15.2 Å². The van der Waals surface area contributed by atoms with E-state index in [0.717, 1.165) is 11.1 Å². The molecule has 2 heterocycles. The molecule has 1 amide bonds. The maximum atomic E-state index is 12.3. The number of amides is 1. The van der Waals surface area contributed by atoms with E-state index in [9.17, 15) is 18.0 Å². The number of oxime groups is 1. The van der Waals surface area contributed by atoms with Gasteiger partial charge in [0.05, 0.1) is 37.4 Å². The Morgan fingerprint density at radius 3 is 2.38 bits per heavy atom. The molecule has 2 aliphatic rings. The van der Waals surface area contributed by atoms with Crippen molar-refractivity contribution in [2.75, 3.05) is 24.5 Å². The summed E-state index contributed by atoms with van der Waals surface area (Å²) >= 11 is 24.8. The molecule has 0 spiro atoms. The average molecular weight is 555 g/mol. The lowest BCUT2D eigenvalue weighted by Gasteiger charge is -2.40. The number of carbonyl (C=O) groups excluding carboxylic acids is 1. The van der Waals surface area contributed by atoms with Crippen LogP contribution < -0.4 is 10.2 Å². The second-order valence-corrected chi connectivity index (χ2v) is 9.99. The Bertz CT molecular complexity index is 1150. The molecule has 34 heavy (non-hydrogen) atoms. The van der Waals surface area contributed by atoms with Gasteiger partial charge in [-0.15, -0.1) is 0 Å². The first-order valence-electron chi connectivity index (χ1n) is 10.2. The van der Waals surface area contributed by atoms with Crippen LogP contribution in [0.15, 0.2) is 35.5 Å². The highest BCUT2D eigenvalue weighted by atomic mass is 35.5. The SMILES string of the molecule is CC1(c2cc(Cl)c(Cl)c(Cl)c2)CC(c2ccc(N3CC(C(=O)NCC(F)(F)F)C3)c(Cl)c2)=NO1. The lowest BCUT2D eigenvalue weighted by Crippen LogP contribution is -2.54. The van der Waals surface area contributed by atoms with E-state index < -0.39 is 30.1 Å². The molecule has 1 N–H and O–H groups in total. The predicted octanol–water partition coefficient (Wildman–Crippen LogP) is 6.45. The zero-order chi connectivity index (χ0) is 24.8. The van der Waals surface area contributed by atoms with Crippen molar-refractivity contribution in [3.63, 3.8) is 0 Å². The van der Waals surface area contributed by atoms with E-state index >= 15 is 0 Å². The smallest absolute Gasteiger partial charge is 0.384 e. The number of nitrogens with one attached hydrogen (secondary N) is 1. The topological polar surface area (TPSA) is 53.9 Å². The van der Waals surface area contributed by atoms with Crippen LogP contribution in [0.3, 0.4) is 0 Å². The number of halogens is 7. The van der Waals surface area contributed by atoms with Crippen LogP contribution in [-0.4, -0.2) is 37.4 Å². The number of benzene rings is 2. The molecule has 0 aliphatic carbocycles. The molecule has 0 bridgehead atoms. The highest BCUT2D eigenvalue weighted by Crippen LogP contribution is 2.42. The fraction of sp³-hybridized carbons (Fsp3) is 0.364. The zero-order valence-electron chi connectivity index (χ0n) is 17.6. The van der Waals surface area contributed by atoms with Gasteiger partial charge in [0, 0.05) is 30.6 Å². The van der Waals surface area contributed by atoms with Gasteiger partial charge in [0.15, 0.2) is 5.60 Å². The molecule has 0 saturated carbocycles. The van der Waals surface area contributed by atoms with Crippen molar-refractivity contribution in [3.05, 3.63) is 61.5 Å². The first kappa shape index (κ1) is 25.2. The quantitative estimate of drug-likeness (QED) is 0.432. The minimum Gasteiger partial charge on any atom is -0.384 e. The van der Waals surface area contributed by atoms with Gasteiger partial charge in [-0.1, -0.05) is 57.6 Å². The van der Waals surface area contributed by atoms with Gasteiger partial charge in [0.2, 0.25) is 5.91 Å². The Labute approximate surface area is 213 Å². The molecule has 0 radical (unpaired) electrons. The number of alkyl halides is 3. The van der Waals surface area contributed by atoms with E-state index in [4.69, 9.17) is 51.2 Å². The van der Waals surface area contributed by atoms with Crippen LogP contribution in [0.2, 0.25) is 20.1 Å². The third kappa shape index (κ3) is 5.20. The molecule has 0 aromatic heterocycles. The summed E-state index contributed by atoms with van der Waals surface area (Å²) in [5.74, 6) is -1.15. The molecule has 1 atom stereocenters. The van der Waals surface area contributed by atoms with Gasteiger partial charge in [0.25, 0.3) is 0 Å². The lowest BCUT2D eigenvalue weighted by molar-refractivity contribution is -0.141. The van der Waals surface area contributed by atoms with Crippen molar-refractivity contribution < 1.29 is 22.8 Å². The van der Waals surface area contributed by atoms with Crippen molar-refractivity contribution in [1.82, 2.24) is 5.32 Å². The number of anilines is 1. The fourth-order valence-electron chi connectivity index (χ4n) is 3.83. The van der Waals surface area contributed by atoms with Gasteiger partial charge < -0.3 is 15.1 Å². The van der Waals surface area contributed by atoms with Crippen molar-refractivity contribution in [1.29, 1.82) is 0 Å². The predicted molar refractivity (Wildman–Crippen MR) is 127 cm³/mol. The maximum Gasteiger partial charge on any atom is 0.405 e. The molecular formula is C22H18Cl4F3N3O2. The van der Waals surface area contributed by atoms with Gasteiger partial charge >= 0.3 is 6.18 Å². The Kier molecular flexibility index (Phi) is 6.90. The van der Waals surface area contributed by atoms with Crippen molar-refractivity contribution in [2.24, 2.45) is 11.1 Å². The van der Waals surface area contributed by atoms with Gasteiger partial charge in [0.1, 0.15) is 6.54 Å². The van der Waals surface area contributed by atoms with Gasteiger partial charge in [-0.05, 0) is 31.2 Å². The first-order chi connectivity index (χ1) is 15.9. The molecular weight excluding hydrogens is 537 g/mol. The summed E-state index contributed by atoms with van der Waals surface area (Å²) in [6.45, 7) is 1.08. The highest BCUT2D eigenvalue weighted by Gasteiger charge is 2.39. The van der Waals surface area contributed by atoms with Crippen molar-refractivity contribution in [2.45, 2.75) is 25.1 Å². The fourth-order valence-corrected chi connectivity index (χ4v) is 4.72. The molecule has 182 valence electrons. The van der Waals surface area contributed by atoms with Crippen LogP contribution >= 0.6 is 46.4 Å². The second-order valence-electron chi connectivity index (χ2n) is 8.39. The Balaban J connectivity index is 1.40. The van der Waals surface area contributed by atoms with E-state index in [-0.39, 0.29) is 18.1 Å². The highest BCUT2D eigenvalue weighted by molar-refractivity contribution is 6.48. The zero-order valence-corrected chi connectivity index (χ0v) is 20.7. The molecule has 2 aliphatic heterocycles. The van der Waals surface area contributed by atoms with Crippen LogP contribution in [0.25, 0.3) is 0 Å². The second kappa shape index (κ2) is 9.30. The third-order valence-corrected chi connectivity index (χ3v) is 7.29. The summed E-state index contributed by atoms with van der Waals surface area (Å²) in [5.41, 5.74) is 2.04. The van der Waals surface area contributed by atoms with Gasteiger partial charge in [-0.2, -0.15) is 13.2 Å². The molecule has 2 aromatic carbocycles. The van der Waals surface area contributed by atoms with E-state index in [1.165, 1.54) is 0 Å². The molecule has 5 nitrogen and oxygen atoms in total. The summed E-state index contributed by atoms with van der Waals surface area (Å²) < 4.78 is 36.8. The van der Waals surface area contributed by atoms with Crippen molar-refractivity contribution >= 4 is 63.7 Å². The van der Waals surface area contributed by atoms with E-state index in [2.05, 4.69) is 5.16 Å². The van der Waals surface area contributed by atoms with Gasteiger partial charge in [-0.25, -0.2) is 0 Å². The summed E-state index contributed by atoms with van der Waals surface area (Å²) in [6.07, 6.45) is -4.00. The first-order valence-corrected chi connectivity index (χ1v) is 11.7. The van der Waals surface area contributed by atoms with E-state index in [1.807, 2.05) is 23.2 Å². The van der Waals surface area contributed by atoms with Crippen LogP contribution in [0.5, 0.6) is 0 Å². The summed E-state index contributed by atoms with van der Waals surface area (Å²) in [7, 11) is 0. The minimum absolute atomic E-state index is 0.267. The largest absolute Gasteiger partial charge is 0.405 e. The Morgan fingerprint density at radius 1 is 1.15 bits per heavy atom. The number of rotatable bonds is 5. The van der Waals surface area contributed by atoms with Crippen LogP contribution in [0, 0.1) is 5.92 Å². The van der Waals surface area contributed by atoms with Crippen molar-refractivity contribution in [3.8, 4) is 0 Å². The monoisotopic (exact) mass is 553 g/mol. The molecule has 4 rings (SSSR count). The molecule has 1 saturated heterocycles.